The molecule has 0 fully saturated rings. The lowest BCUT2D eigenvalue weighted by Crippen LogP contribution is -2.10. The van der Waals surface area contributed by atoms with Crippen LogP contribution in [0.5, 0.6) is 0 Å². The summed E-state index contributed by atoms with van der Waals surface area (Å²) in [4.78, 5) is 14.7. The highest BCUT2D eigenvalue weighted by Crippen LogP contribution is 2.15. The fourth-order valence-electron chi connectivity index (χ4n) is 1.57. The maximum atomic E-state index is 11.8. The first-order valence-electron chi connectivity index (χ1n) is 5.31. The number of carbonyl (C=O) groups excluding carboxylic acids is 1. The number of H-pyrrole nitrogens is 1. The monoisotopic (exact) mass is 246 g/mol. The number of hydrogen-bond acceptors (Lipinski definition) is 2. The molecule has 2 rings (SSSR count). The largest absolute Gasteiger partial charge is 0.367 e. The fourth-order valence-corrected chi connectivity index (χ4v) is 2.09. The summed E-state index contributed by atoms with van der Waals surface area (Å²) in [5, 5.41) is 2.87. The summed E-state index contributed by atoms with van der Waals surface area (Å²) in [7, 11) is 0. The van der Waals surface area contributed by atoms with Crippen molar-refractivity contribution in [3.63, 3.8) is 0 Å². The minimum Gasteiger partial charge on any atom is -0.367 e. The van der Waals surface area contributed by atoms with Gasteiger partial charge in [-0.2, -0.15) is 11.8 Å². The summed E-state index contributed by atoms with van der Waals surface area (Å²) in [5.74, 6) is 0.862. The van der Waals surface area contributed by atoms with Gasteiger partial charge in [-0.3, -0.25) is 4.79 Å². The van der Waals surface area contributed by atoms with E-state index in [4.69, 9.17) is 0 Å². The molecule has 0 spiro atoms. The van der Waals surface area contributed by atoms with Gasteiger partial charge in [0, 0.05) is 23.8 Å². The van der Waals surface area contributed by atoms with Gasteiger partial charge in [0.2, 0.25) is 0 Å². The Morgan fingerprint density at radius 1 is 1.41 bits per heavy atom. The summed E-state index contributed by atoms with van der Waals surface area (Å²) in [6, 6.07) is 9.66. The summed E-state index contributed by atoms with van der Waals surface area (Å²) >= 11 is 1.76. The highest BCUT2D eigenvalue weighted by Gasteiger charge is 2.05. The van der Waals surface area contributed by atoms with Crippen LogP contribution in [0.1, 0.15) is 15.9 Å². The van der Waals surface area contributed by atoms with Crippen molar-refractivity contribution in [2.24, 2.45) is 0 Å². The number of aromatic amines is 1. The lowest BCUT2D eigenvalue weighted by atomic mass is 10.2. The van der Waals surface area contributed by atoms with Crippen molar-refractivity contribution in [3.8, 4) is 0 Å². The van der Waals surface area contributed by atoms with Crippen LogP contribution in [0.25, 0.3) is 0 Å². The summed E-state index contributed by atoms with van der Waals surface area (Å²) < 4.78 is 0. The molecule has 0 aliphatic rings. The predicted octanol–water partition coefficient (Wildman–Crippen LogP) is 3.13. The molecule has 1 aromatic heterocycles. The van der Waals surface area contributed by atoms with E-state index in [0.29, 0.717) is 5.56 Å². The lowest BCUT2D eigenvalue weighted by molar-refractivity contribution is 0.102. The highest BCUT2D eigenvalue weighted by atomic mass is 32.2. The molecule has 0 aliphatic carbocycles. The molecule has 2 N–H and O–H groups in total. The summed E-state index contributed by atoms with van der Waals surface area (Å²) in [5.41, 5.74) is 2.69. The maximum Gasteiger partial charge on any atom is 0.257 e. The lowest BCUT2D eigenvalue weighted by Gasteiger charge is -2.05. The zero-order valence-electron chi connectivity index (χ0n) is 9.57. The topological polar surface area (TPSA) is 44.9 Å². The quantitative estimate of drug-likeness (QED) is 0.870. The molecule has 2 aromatic rings. The molecule has 1 aromatic carbocycles. The Morgan fingerprint density at radius 2 is 2.29 bits per heavy atom. The van der Waals surface area contributed by atoms with Gasteiger partial charge >= 0.3 is 0 Å². The standard InChI is InChI=1S/C13H14N2OS/c1-17-9-10-3-2-4-12(7-10)15-13(16)11-5-6-14-8-11/h2-8,14H,9H2,1H3,(H,15,16). The average Bonchev–Trinajstić information content (AvgIpc) is 2.83. The van der Waals surface area contributed by atoms with Crippen LogP contribution in [0.15, 0.2) is 42.7 Å². The van der Waals surface area contributed by atoms with Crippen molar-refractivity contribution >= 4 is 23.4 Å². The van der Waals surface area contributed by atoms with Crippen LogP contribution in [0.3, 0.4) is 0 Å². The molecule has 17 heavy (non-hydrogen) atoms. The van der Waals surface area contributed by atoms with E-state index < -0.39 is 0 Å². The van der Waals surface area contributed by atoms with Crippen LogP contribution in [0.4, 0.5) is 5.69 Å². The van der Waals surface area contributed by atoms with Crippen LogP contribution in [0.2, 0.25) is 0 Å². The molecule has 0 atom stereocenters. The van der Waals surface area contributed by atoms with Crippen LogP contribution in [-0.2, 0) is 5.75 Å². The third kappa shape index (κ3) is 3.14. The smallest absolute Gasteiger partial charge is 0.257 e. The third-order valence-corrected chi connectivity index (χ3v) is 2.98. The normalized spacial score (nSPS) is 10.2. The Morgan fingerprint density at radius 3 is 3.00 bits per heavy atom. The Bertz CT molecular complexity index is 494. The molecule has 1 heterocycles. The maximum absolute atomic E-state index is 11.8. The Hall–Kier alpha value is -1.68. The summed E-state index contributed by atoms with van der Waals surface area (Å²) in [6.07, 6.45) is 5.48. The number of anilines is 1. The van der Waals surface area contributed by atoms with Gasteiger partial charge in [-0.1, -0.05) is 12.1 Å². The number of rotatable bonds is 4. The third-order valence-electron chi connectivity index (χ3n) is 2.36. The number of aromatic nitrogens is 1. The van der Waals surface area contributed by atoms with Gasteiger partial charge in [0.25, 0.3) is 5.91 Å². The zero-order valence-corrected chi connectivity index (χ0v) is 10.4. The number of amides is 1. The molecule has 0 bridgehead atoms. The number of benzene rings is 1. The van der Waals surface area contributed by atoms with E-state index in [1.807, 2.05) is 18.2 Å². The SMILES string of the molecule is CSCc1cccc(NC(=O)c2cc[nH]c2)c1. The van der Waals surface area contributed by atoms with Gasteiger partial charge in [0.15, 0.2) is 0 Å². The predicted molar refractivity (Wildman–Crippen MR) is 72.4 cm³/mol. The first kappa shape index (κ1) is 11.8. The number of carbonyl (C=O) groups is 1. The first-order chi connectivity index (χ1) is 8.29. The fraction of sp³-hybridized carbons (Fsp3) is 0.154. The molecular weight excluding hydrogens is 232 g/mol. The van der Waals surface area contributed by atoms with Crippen LogP contribution in [0, 0.1) is 0 Å². The number of hydrogen-bond donors (Lipinski definition) is 2. The molecule has 4 heteroatoms. The van der Waals surface area contributed by atoms with E-state index in [2.05, 4.69) is 22.6 Å². The molecular formula is C13H14N2OS. The Kier molecular flexibility index (Phi) is 3.88. The second kappa shape index (κ2) is 5.59. The second-order valence-electron chi connectivity index (χ2n) is 3.69. The summed E-state index contributed by atoms with van der Waals surface area (Å²) in [6.45, 7) is 0. The molecule has 0 saturated heterocycles. The van der Waals surface area contributed by atoms with E-state index in [-0.39, 0.29) is 5.91 Å². The number of thioether (sulfide) groups is 1. The first-order valence-corrected chi connectivity index (χ1v) is 6.71. The molecule has 88 valence electrons. The van der Waals surface area contributed by atoms with Gasteiger partial charge in [-0.25, -0.2) is 0 Å². The average molecular weight is 246 g/mol. The van der Waals surface area contributed by atoms with Crippen molar-refractivity contribution in [2.75, 3.05) is 11.6 Å². The van der Waals surface area contributed by atoms with E-state index >= 15 is 0 Å². The van der Waals surface area contributed by atoms with Gasteiger partial charge in [-0.15, -0.1) is 0 Å². The van der Waals surface area contributed by atoms with Gasteiger partial charge in [0.1, 0.15) is 0 Å². The van der Waals surface area contributed by atoms with Gasteiger partial charge in [-0.05, 0) is 30.0 Å². The molecule has 0 aliphatic heterocycles. The van der Waals surface area contributed by atoms with Gasteiger partial charge < -0.3 is 10.3 Å². The highest BCUT2D eigenvalue weighted by molar-refractivity contribution is 7.97. The van der Waals surface area contributed by atoms with E-state index in [1.165, 1.54) is 5.56 Å². The van der Waals surface area contributed by atoms with Crippen molar-refractivity contribution in [1.82, 2.24) is 4.98 Å². The van der Waals surface area contributed by atoms with Crippen molar-refractivity contribution in [1.29, 1.82) is 0 Å². The number of nitrogens with one attached hydrogen (secondary N) is 2. The molecule has 0 unspecified atom stereocenters. The minimum atomic E-state index is -0.0902. The molecule has 1 amide bonds. The Balaban J connectivity index is 2.08. The van der Waals surface area contributed by atoms with E-state index in [0.717, 1.165) is 11.4 Å². The minimum absolute atomic E-state index is 0.0902. The van der Waals surface area contributed by atoms with Crippen molar-refractivity contribution in [3.05, 3.63) is 53.9 Å². The molecule has 3 nitrogen and oxygen atoms in total. The van der Waals surface area contributed by atoms with E-state index in [1.54, 1.807) is 30.2 Å². The van der Waals surface area contributed by atoms with Crippen LogP contribution < -0.4 is 5.32 Å². The van der Waals surface area contributed by atoms with Crippen molar-refractivity contribution < 1.29 is 4.79 Å². The molecule has 0 saturated carbocycles. The van der Waals surface area contributed by atoms with Crippen LogP contribution >= 0.6 is 11.8 Å². The van der Waals surface area contributed by atoms with E-state index in [9.17, 15) is 4.79 Å². The zero-order chi connectivity index (χ0) is 12.1. The van der Waals surface area contributed by atoms with Crippen LogP contribution in [-0.4, -0.2) is 17.1 Å². The Labute approximate surface area is 105 Å². The second-order valence-corrected chi connectivity index (χ2v) is 4.55. The van der Waals surface area contributed by atoms with Crippen molar-refractivity contribution in [2.45, 2.75) is 5.75 Å². The van der Waals surface area contributed by atoms with Gasteiger partial charge in [0.05, 0.1) is 5.56 Å². The molecule has 0 radical (unpaired) electrons.